The molecule has 2 aromatic heterocycles. The maximum absolute atomic E-state index is 12.9. The van der Waals surface area contributed by atoms with Crippen LogP contribution in [0.3, 0.4) is 0 Å². The molecule has 0 bridgehead atoms. The van der Waals surface area contributed by atoms with Gasteiger partial charge in [-0.2, -0.15) is 0 Å². The number of nitrogens with one attached hydrogen (secondary N) is 2. The SMILES string of the molecule is CC(C)C[C@H](NC(=O)Cc1cn(C)c2ccccc12)c1nc2ccccc2[nH]1. The number of carbonyl (C=O) groups excluding carboxylic acids is 1. The highest BCUT2D eigenvalue weighted by Crippen LogP contribution is 2.24. The van der Waals surface area contributed by atoms with Crippen LogP contribution >= 0.6 is 0 Å². The van der Waals surface area contributed by atoms with E-state index in [1.54, 1.807) is 0 Å². The molecule has 5 heteroatoms. The number of carbonyl (C=O) groups is 1. The fourth-order valence-electron chi connectivity index (χ4n) is 3.83. The highest BCUT2D eigenvalue weighted by atomic mass is 16.1. The molecule has 4 rings (SSSR count). The Bertz CT molecular complexity index is 1090. The Balaban J connectivity index is 1.56. The van der Waals surface area contributed by atoms with Gasteiger partial charge in [-0.1, -0.05) is 44.2 Å². The molecule has 5 nitrogen and oxygen atoms in total. The van der Waals surface area contributed by atoms with Crippen LogP contribution in [-0.2, 0) is 18.3 Å². The average Bonchev–Trinajstić information content (AvgIpc) is 3.23. The van der Waals surface area contributed by atoms with Crippen LogP contribution in [0.1, 0.15) is 37.7 Å². The molecule has 2 N–H and O–H groups in total. The van der Waals surface area contributed by atoms with Crippen molar-refractivity contribution in [1.82, 2.24) is 19.9 Å². The number of H-pyrrole nitrogens is 1. The van der Waals surface area contributed by atoms with Gasteiger partial charge >= 0.3 is 0 Å². The molecule has 0 saturated heterocycles. The molecular weight excluding hydrogens is 348 g/mol. The van der Waals surface area contributed by atoms with E-state index in [0.717, 1.165) is 39.7 Å². The smallest absolute Gasteiger partial charge is 0.225 e. The largest absolute Gasteiger partial charge is 0.350 e. The second-order valence-electron chi connectivity index (χ2n) is 7.85. The van der Waals surface area contributed by atoms with E-state index in [2.05, 4.69) is 40.8 Å². The van der Waals surface area contributed by atoms with Gasteiger partial charge in [0.25, 0.3) is 0 Å². The number of nitrogens with zero attached hydrogens (tertiary/aromatic N) is 2. The van der Waals surface area contributed by atoms with Crippen molar-refractivity contribution in [3.8, 4) is 0 Å². The number of amides is 1. The summed E-state index contributed by atoms with van der Waals surface area (Å²) >= 11 is 0. The first kappa shape index (κ1) is 18.3. The van der Waals surface area contributed by atoms with Gasteiger partial charge in [0.1, 0.15) is 5.82 Å². The Kier molecular flexibility index (Phi) is 4.90. The minimum absolute atomic E-state index is 0.0162. The first-order chi connectivity index (χ1) is 13.5. The molecule has 2 aromatic carbocycles. The Morgan fingerprint density at radius 1 is 1.14 bits per heavy atom. The highest BCUT2D eigenvalue weighted by molar-refractivity contribution is 5.89. The van der Waals surface area contributed by atoms with Gasteiger partial charge < -0.3 is 14.9 Å². The third-order valence-corrected chi connectivity index (χ3v) is 5.11. The molecule has 0 spiro atoms. The molecule has 0 radical (unpaired) electrons. The van der Waals surface area contributed by atoms with Crippen LogP contribution in [0.25, 0.3) is 21.9 Å². The van der Waals surface area contributed by atoms with Gasteiger partial charge in [0, 0.05) is 24.1 Å². The normalized spacial score (nSPS) is 12.7. The summed E-state index contributed by atoms with van der Waals surface area (Å²) in [4.78, 5) is 21.0. The monoisotopic (exact) mass is 374 g/mol. The van der Waals surface area contributed by atoms with E-state index in [0.29, 0.717) is 12.3 Å². The fourth-order valence-corrected chi connectivity index (χ4v) is 3.83. The third kappa shape index (κ3) is 3.65. The molecule has 144 valence electrons. The second-order valence-corrected chi connectivity index (χ2v) is 7.85. The van der Waals surface area contributed by atoms with Gasteiger partial charge in [-0.15, -0.1) is 0 Å². The lowest BCUT2D eigenvalue weighted by Gasteiger charge is -2.18. The van der Waals surface area contributed by atoms with Gasteiger partial charge in [0.2, 0.25) is 5.91 Å². The quantitative estimate of drug-likeness (QED) is 0.522. The van der Waals surface area contributed by atoms with Crippen molar-refractivity contribution in [3.63, 3.8) is 0 Å². The summed E-state index contributed by atoms with van der Waals surface area (Å²) in [6.45, 7) is 4.32. The summed E-state index contributed by atoms with van der Waals surface area (Å²) in [6.07, 6.45) is 3.24. The number of imidazole rings is 1. The molecule has 4 aromatic rings. The van der Waals surface area contributed by atoms with Crippen molar-refractivity contribution >= 4 is 27.8 Å². The van der Waals surface area contributed by atoms with Crippen molar-refractivity contribution in [2.24, 2.45) is 13.0 Å². The van der Waals surface area contributed by atoms with E-state index >= 15 is 0 Å². The first-order valence-corrected chi connectivity index (χ1v) is 9.78. The topological polar surface area (TPSA) is 62.7 Å². The number of aromatic nitrogens is 3. The Morgan fingerprint density at radius 2 is 1.89 bits per heavy atom. The Hall–Kier alpha value is -3.08. The standard InChI is InChI=1S/C23H26N4O/c1-15(2)12-20(23-25-18-9-5-6-10-19(18)26-23)24-22(28)13-16-14-27(3)21-11-7-4-8-17(16)21/h4-11,14-15,20H,12-13H2,1-3H3,(H,24,28)(H,25,26)/t20-/m0/s1. The summed E-state index contributed by atoms with van der Waals surface area (Å²) in [5, 5.41) is 4.34. The Morgan fingerprint density at radius 3 is 2.68 bits per heavy atom. The average molecular weight is 374 g/mol. The van der Waals surface area contributed by atoms with Crippen LogP contribution in [0.2, 0.25) is 0 Å². The number of hydrogen-bond donors (Lipinski definition) is 2. The van der Waals surface area contributed by atoms with Gasteiger partial charge in [0.15, 0.2) is 0 Å². The molecule has 28 heavy (non-hydrogen) atoms. The molecule has 0 aliphatic heterocycles. The summed E-state index contributed by atoms with van der Waals surface area (Å²) < 4.78 is 2.07. The van der Waals surface area contributed by atoms with Gasteiger partial charge in [-0.3, -0.25) is 4.79 Å². The molecule has 0 unspecified atom stereocenters. The van der Waals surface area contributed by atoms with E-state index < -0.39 is 0 Å². The van der Waals surface area contributed by atoms with Crippen molar-refractivity contribution in [2.45, 2.75) is 32.7 Å². The minimum Gasteiger partial charge on any atom is -0.350 e. The van der Waals surface area contributed by atoms with E-state index in [9.17, 15) is 4.79 Å². The third-order valence-electron chi connectivity index (χ3n) is 5.11. The molecule has 1 atom stereocenters. The van der Waals surface area contributed by atoms with Crippen LogP contribution in [-0.4, -0.2) is 20.4 Å². The summed E-state index contributed by atoms with van der Waals surface area (Å²) in [5.41, 5.74) is 4.11. The first-order valence-electron chi connectivity index (χ1n) is 9.78. The van der Waals surface area contributed by atoms with Crippen LogP contribution in [0.5, 0.6) is 0 Å². The Labute approximate surface area is 164 Å². The van der Waals surface area contributed by atoms with Crippen LogP contribution < -0.4 is 5.32 Å². The highest BCUT2D eigenvalue weighted by Gasteiger charge is 2.20. The lowest BCUT2D eigenvalue weighted by molar-refractivity contribution is -0.121. The minimum atomic E-state index is -0.130. The van der Waals surface area contributed by atoms with Gasteiger partial charge in [-0.05, 0) is 36.1 Å². The number of benzene rings is 2. The number of para-hydroxylation sites is 3. The summed E-state index contributed by atoms with van der Waals surface area (Å²) in [6, 6.07) is 16.0. The van der Waals surface area contributed by atoms with Crippen molar-refractivity contribution in [1.29, 1.82) is 0 Å². The summed E-state index contributed by atoms with van der Waals surface area (Å²) in [5.74, 6) is 1.28. The van der Waals surface area contributed by atoms with E-state index in [1.807, 2.05) is 49.6 Å². The van der Waals surface area contributed by atoms with Crippen molar-refractivity contribution < 1.29 is 4.79 Å². The number of fused-ring (bicyclic) bond motifs is 2. The zero-order chi connectivity index (χ0) is 19.7. The molecule has 0 fully saturated rings. The molecular formula is C23H26N4O. The van der Waals surface area contributed by atoms with E-state index in [4.69, 9.17) is 4.98 Å². The lowest BCUT2D eigenvalue weighted by atomic mass is 10.0. The fraction of sp³-hybridized carbons (Fsp3) is 0.304. The van der Waals surface area contributed by atoms with Crippen molar-refractivity contribution in [3.05, 3.63) is 66.1 Å². The maximum Gasteiger partial charge on any atom is 0.225 e. The van der Waals surface area contributed by atoms with Crippen molar-refractivity contribution in [2.75, 3.05) is 0 Å². The zero-order valence-electron chi connectivity index (χ0n) is 16.6. The van der Waals surface area contributed by atoms with Gasteiger partial charge in [-0.25, -0.2) is 4.98 Å². The van der Waals surface area contributed by atoms with Crippen LogP contribution in [0.15, 0.2) is 54.7 Å². The van der Waals surface area contributed by atoms with Crippen LogP contribution in [0.4, 0.5) is 0 Å². The van der Waals surface area contributed by atoms with E-state index in [1.165, 1.54) is 0 Å². The second kappa shape index (κ2) is 7.50. The maximum atomic E-state index is 12.9. The molecule has 0 aliphatic carbocycles. The zero-order valence-corrected chi connectivity index (χ0v) is 16.6. The summed E-state index contributed by atoms with van der Waals surface area (Å²) in [7, 11) is 2.01. The molecule has 2 heterocycles. The number of aromatic amines is 1. The predicted octanol–water partition coefficient (Wildman–Crippen LogP) is 4.50. The predicted molar refractivity (Wildman–Crippen MR) is 113 cm³/mol. The molecule has 1 amide bonds. The molecule has 0 saturated carbocycles. The van der Waals surface area contributed by atoms with Gasteiger partial charge in [0.05, 0.1) is 23.5 Å². The molecule has 0 aliphatic rings. The van der Waals surface area contributed by atoms with E-state index in [-0.39, 0.29) is 11.9 Å². The number of hydrogen-bond acceptors (Lipinski definition) is 2. The lowest BCUT2D eigenvalue weighted by Crippen LogP contribution is -2.31. The van der Waals surface area contributed by atoms with Crippen LogP contribution in [0, 0.1) is 5.92 Å². The number of aryl methyl sites for hydroxylation is 1. The number of rotatable bonds is 6.